The second-order valence-corrected chi connectivity index (χ2v) is 22.4. The Balaban J connectivity index is 0.783. The molecule has 10 rings (SSSR count). The van der Waals surface area contributed by atoms with Crippen LogP contribution in [0.15, 0.2) is 35.1 Å². The van der Waals surface area contributed by atoms with Gasteiger partial charge in [-0.15, -0.1) is 5.10 Å². The molecule has 1 unspecified atom stereocenters. The van der Waals surface area contributed by atoms with Crippen LogP contribution in [0, 0.1) is 12.7 Å². The number of aliphatic hydroxyl groups excluding tert-OH is 4. The molecule has 3 aliphatic heterocycles. The van der Waals surface area contributed by atoms with Gasteiger partial charge in [-0.05, 0) is 92.9 Å². The molecule has 2 aliphatic carbocycles. The van der Waals surface area contributed by atoms with Gasteiger partial charge in [0.1, 0.15) is 67.6 Å². The Morgan fingerprint density at radius 3 is 2.43 bits per heavy atom. The molecule has 0 radical (unpaired) electrons. The molecular formula is C60H76FN9O18. The lowest BCUT2D eigenvalue weighted by Crippen LogP contribution is -2.60. The molecule has 3 aromatic heterocycles. The fraction of sp³-hybridized carbons (Fsp3) is 0.567. The third-order valence-electron chi connectivity index (χ3n) is 16.8. The molecule has 9 N–H and O–H groups in total. The Morgan fingerprint density at radius 2 is 1.66 bits per heavy atom. The quantitative estimate of drug-likeness (QED) is 0.0272. The number of esters is 1. The average molecular weight is 1230 g/mol. The van der Waals surface area contributed by atoms with Gasteiger partial charge in [0, 0.05) is 42.2 Å². The van der Waals surface area contributed by atoms with Crippen LogP contribution >= 0.6 is 0 Å². The van der Waals surface area contributed by atoms with E-state index >= 15 is 4.39 Å². The van der Waals surface area contributed by atoms with E-state index in [1.807, 2.05) is 11.7 Å². The third-order valence-corrected chi connectivity index (χ3v) is 16.8. The van der Waals surface area contributed by atoms with Crippen LogP contribution in [0.4, 0.5) is 9.18 Å². The van der Waals surface area contributed by atoms with Gasteiger partial charge in [-0.2, -0.15) is 0 Å². The van der Waals surface area contributed by atoms with Crippen LogP contribution < -0.4 is 31.6 Å². The van der Waals surface area contributed by atoms with Crippen LogP contribution in [-0.2, 0) is 87.5 Å². The van der Waals surface area contributed by atoms with Crippen LogP contribution in [0.3, 0.4) is 0 Å². The Labute approximate surface area is 505 Å². The van der Waals surface area contributed by atoms with Gasteiger partial charge in [0.2, 0.25) is 12.2 Å². The van der Waals surface area contributed by atoms with Crippen molar-refractivity contribution in [1.82, 2.24) is 45.8 Å². The number of aryl methyl sites for hydroxylation is 1. The molecule has 28 heteroatoms. The van der Waals surface area contributed by atoms with Gasteiger partial charge < -0.3 is 89.3 Å². The van der Waals surface area contributed by atoms with E-state index in [9.17, 15) is 49.5 Å². The predicted octanol–water partition coefficient (Wildman–Crippen LogP) is 1.20. The lowest BCUT2D eigenvalue weighted by Gasteiger charge is -2.39. The first-order valence-corrected chi connectivity index (χ1v) is 29.9. The lowest BCUT2D eigenvalue weighted by atomic mass is 9.81. The first-order valence-electron chi connectivity index (χ1n) is 29.9. The van der Waals surface area contributed by atoms with Gasteiger partial charge in [-0.25, -0.2) is 23.6 Å². The number of aliphatic hydroxyl groups is 5. The number of hydrogen-bond donors (Lipinski definition) is 9. The molecule has 88 heavy (non-hydrogen) atoms. The smallest absolute Gasteiger partial charge is 0.407 e. The minimum atomic E-state index is -2.08. The average Bonchev–Trinajstić information content (AvgIpc) is 1.49. The van der Waals surface area contributed by atoms with Crippen molar-refractivity contribution in [2.45, 2.75) is 140 Å². The Kier molecular flexibility index (Phi) is 20.8. The van der Waals surface area contributed by atoms with E-state index in [4.69, 9.17) is 42.9 Å². The summed E-state index contributed by atoms with van der Waals surface area (Å²) in [7, 11) is 1.86. The Hall–Kier alpha value is -7.09. The number of fused-ring (bicyclic) bond motifs is 6. The normalized spacial score (nSPS) is 22.8. The van der Waals surface area contributed by atoms with Gasteiger partial charge in [0.15, 0.2) is 5.60 Å². The number of amides is 3. The van der Waals surface area contributed by atoms with E-state index in [1.165, 1.54) is 28.8 Å². The highest BCUT2D eigenvalue weighted by molar-refractivity contribution is 5.97. The van der Waals surface area contributed by atoms with E-state index in [2.05, 4.69) is 31.6 Å². The summed E-state index contributed by atoms with van der Waals surface area (Å²) < 4.78 is 64.3. The lowest BCUT2D eigenvalue weighted by molar-refractivity contribution is -0.277. The van der Waals surface area contributed by atoms with E-state index < -0.39 is 96.9 Å². The third kappa shape index (κ3) is 13.6. The number of halogens is 1. The van der Waals surface area contributed by atoms with E-state index in [0.717, 1.165) is 37.9 Å². The maximum absolute atomic E-state index is 15.6. The Morgan fingerprint density at radius 1 is 0.886 bits per heavy atom. The highest BCUT2D eigenvalue weighted by Gasteiger charge is 2.47. The largest absolute Gasteiger partial charge is 0.461 e. The van der Waals surface area contributed by atoms with Crippen molar-refractivity contribution in [3.8, 4) is 17.1 Å². The van der Waals surface area contributed by atoms with Crippen LogP contribution in [0.2, 0.25) is 0 Å². The first kappa shape index (κ1) is 63.9. The van der Waals surface area contributed by atoms with Gasteiger partial charge in [0.25, 0.3) is 11.5 Å². The molecule has 0 bridgehead atoms. The van der Waals surface area contributed by atoms with E-state index in [-0.39, 0.29) is 72.8 Å². The number of aromatic nitrogens is 5. The summed E-state index contributed by atoms with van der Waals surface area (Å²) in [6, 6.07) is 6.31. The second-order valence-electron chi connectivity index (χ2n) is 22.4. The van der Waals surface area contributed by atoms with Crippen LogP contribution in [-0.4, -0.2) is 184 Å². The van der Waals surface area contributed by atoms with Crippen LogP contribution in [0.1, 0.15) is 118 Å². The van der Waals surface area contributed by atoms with Gasteiger partial charge >= 0.3 is 12.1 Å². The molecule has 1 saturated heterocycles. The second kappa shape index (κ2) is 28.6. The van der Waals surface area contributed by atoms with Crippen molar-refractivity contribution >= 4 is 34.8 Å². The zero-order valence-corrected chi connectivity index (χ0v) is 49.3. The molecule has 3 amide bonds. The molecule has 0 saturated carbocycles. The van der Waals surface area contributed by atoms with Gasteiger partial charge in [0.05, 0.1) is 99.1 Å². The molecule has 27 nitrogen and oxygen atoms in total. The maximum Gasteiger partial charge on any atom is 0.407 e. The number of likely N-dealkylation sites (N-methyl/N-ethyl adjacent to an activating group) is 1. The summed E-state index contributed by atoms with van der Waals surface area (Å²) in [5, 5.41) is 74.0. The number of pyridine rings is 2. The van der Waals surface area contributed by atoms with Crippen molar-refractivity contribution < 1.29 is 87.0 Å². The zero-order chi connectivity index (χ0) is 62.2. The SMILES string of the molecule is CC[C@@]1(O)C(=O)OCc2c1cc1n(c2=O)Cc2c-1nc1cc(F)c(C)c3c1c2[C@@H](NC(=O)OCc1ccc(O[C@H]2O[C@H](CO)[C@@H](O)[C@H](O)[C@H]2O)c(C(=O)NCCNC(=O)COC2CCCCCc4c2nnn4CCOCCOCCOCCNC)c1)CC3. The summed E-state index contributed by atoms with van der Waals surface area (Å²) in [4.78, 5) is 73.1. The molecule has 5 aliphatic rings. The monoisotopic (exact) mass is 1230 g/mol. The number of nitrogens with one attached hydrogen (secondary N) is 4. The van der Waals surface area contributed by atoms with Crippen LogP contribution in [0.25, 0.3) is 22.3 Å². The fourth-order valence-electron chi connectivity index (χ4n) is 12.0. The molecule has 8 atom stereocenters. The summed E-state index contributed by atoms with van der Waals surface area (Å²) in [6.07, 6.45) is -4.90. The summed E-state index contributed by atoms with van der Waals surface area (Å²) in [5.74, 6) is -2.72. The van der Waals surface area contributed by atoms with Gasteiger partial charge in [-0.3, -0.25) is 14.4 Å². The molecular weight excluding hydrogens is 1150 g/mol. The van der Waals surface area contributed by atoms with E-state index in [1.54, 1.807) is 19.9 Å². The minimum absolute atomic E-state index is 0.0119. The molecule has 476 valence electrons. The number of cyclic esters (lactones) is 1. The number of rotatable bonds is 26. The summed E-state index contributed by atoms with van der Waals surface area (Å²) in [6.45, 7) is 5.49. The molecule has 5 aromatic rings. The predicted molar refractivity (Wildman–Crippen MR) is 307 cm³/mol. The standard InChI is InChI=1S/C60H76FN9O18/c1-4-60(80)38-25-43-50-36(27-69(43)56(77)37(38)30-85-58(60)78)49-40(12-11-34-32(2)39(61)26-41(65-50)48(34)49)66-59(79)86-29-33-10-13-44(87-57-54(75)53(74)52(73)46(28-71)88-57)35(24-33)55(76)64-15-14-63-47(72)31-84-45-9-7-5-6-8-42-51(45)67-68-70(42)17-19-82-21-23-83-22-20-81-18-16-62-3/h10,13,24-26,40,45-46,52-54,57,62,71,73-75,80H,4-9,11-12,14-23,27-31H2,1-3H3,(H,63,72)(H,64,76)(H,66,79)/t40-,45?,46+,52+,53-,54+,57-,60-/m0/s1. The summed E-state index contributed by atoms with van der Waals surface area (Å²) >= 11 is 0. The fourth-order valence-corrected chi connectivity index (χ4v) is 12.0. The number of alkyl carbamates (subject to hydrolysis) is 1. The van der Waals surface area contributed by atoms with Crippen molar-refractivity contribution in [2.24, 2.45) is 0 Å². The number of carbonyl (C=O) groups is 4. The minimum Gasteiger partial charge on any atom is -0.461 e. The van der Waals surface area contributed by atoms with Crippen molar-refractivity contribution in [1.29, 1.82) is 0 Å². The van der Waals surface area contributed by atoms with Crippen molar-refractivity contribution in [3.63, 3.8) is 0 Å². The topological polar surface area (TPSA) is 357 Å². The maximum atomic E-state index is 15.6. The molecule has 1 fully saturated rings. The molecule has 6 heterocycles. The zero-order valence-electron chi connectivity index (χ0n) is 49.3. The molecule has 0 spiro atoms. The van der Waals surface area contributed by atoms with Gasteiger partial charge in [-0.1, -0.05) is 31.0 Å². The van der Waals surface area contributed by atoms with Crippen molar-refractivity contribution in [2.75, 3.05) is 79.5 Å². The number of nitrogens with zero attached hydrogens (tertiary/aromatic N) is 5. The number of hydrogen-bond acceptors (Lipinski definition) is 22. The number of benzene rings is 2. The van der Waals surface area contributed by atoms with Crippen LogP contribution in [0.5, 0.6) is 5.75 Å². The number of carbonyl (C=O) groups excluding carboxylic acids is 4. The Bertz CT molecular complexity index is 3430. The highest BCUT2D eigenvalue weighted by Crippen LogP contribution is 2.46. The van der Waals surface area contributed by atoms with E-state index in [0.29, 0.717) is 110 Å². The first-order chi connectivity index (χ1) is 42.5. The summed E-state index contributed by atoms with van der Waals surface area (Å²) in [5.41, 5.74) is 2.59. The molecule has 2 aromatic carbocycles. The highest BCUT2D eigenvalue weighted by atomic mass is 19.1. The van der Waals surface area contributed by atoms with Crippen molar-refractivity contribution in [3.05, 3.63) is 102 Å². The number of ether oxygens (including phenoxy) is 8.